The zero-order chi connectivity index (χ0) is 13.2. The number of esters is 1. The highest BCUT2D eigenvalue weighted by molar-refractivity contribution is 7.07. The minimum atomic E-state index is -0.346. The summed E-state index contributed by atoms with van der Waals surface area (Å²) in [5.41, 5.74) is 2.26. The molecule has 0 aliphatic carbocycles. The Labute approximate surface area is 110 Å². The highest BCUT2D eigenvalue weighted by Crippen LogP contribution is 2.10. The topological polar surface area (TPSA) is 59.4 Å². The van der Waals surface area contributed by atoms with E-state index in [1.807, 2.05) is 12.3 Å². The molecule has 0 amide bonds. The molecule has 5 heteroatoms. The third kappa shape index (κ3) is 5.45. The van der Waals surface area contributed by atoms with E-state index >= 15 is 0 Å². The number of aromatic nitrogens is 1. The Hall–Kier alpha value is -1.88. The van der Waals surface area contributed by atoms with Gasteiger partial charge >= 0.3 is 5.97 Å². The molecule has 1 N–H and O–H groups in total. The summed E-state index contributed by atoms with van der Waals surface area (Å²) < 4.78 is 4.90. The molecule has 1 aromatic heterocycles. The molecule has 0 saturated carbocycles. The molecule has 0 bridgehead atoms. The first-order valence-electron chi connectivity index (χ1n) is 5.52. The summed E-state index contributed by atoms with van der Waals surface area (Å²) >= 11 is 1.60. The van der Waals surface area contributed by atoms with Gasteiger partial charge in [0.25, 0.3) is 0 Å². The van der Waals surface area contributed by atoms with Crippen LogP contribution in [0.3, 0.4) is 0 Å². The second kappa shape index (κ2) is 8.25. The average molecular weight is 265 g/mol. The van der Waals surface area contributed by atoms with Crippen LogP contribution in [0.15, 0.2) is 41.4 Å². The largest absolute Gasteiger partial charge is 0.508 e. The van der Waals surface area contributed by atoms with Crippen molar-refractivity contribution in [2.45, 2.75) is 13.3 Å². The zero-order valence-electron chi connectivity index (χ0n) is 10.1. The van der Waals surface area contributed by atoms with Crippen molar-refractivity contribution in [1.82, 2.24) is 4.98 Å². The van der Waals surface area contributed by atoms with Crippen LogP contribution in [0.5, 0.6) is 5.75 Å². The third-order valence-electron chi connectivity index (χ3n) is 1.89. The number of aromatic hydroxyl groups is 1. The van der Waals surface area contributed by atoms with Gasteiger partial charge in [0.15, 0.2) is 0 Å². The number of phenols is 1. The standard InChI is InChI=1S/C10H12O3.C3H3NS/c1-2-7-13-10(12)8-3-5-9(11)6-4-8;1-2-5-3-4-1/h3-6,11H,2,7H2,1H3;1-3H. The Morgan fingerprint density at radius 2 is 2.11 bits per heavy atom. The Morgan fingerprint density at radius 3 is 2.56 bits per heavy atom. The Morgan fingerprint density at radius 1 is 1.39 bits per heavy atom. The highest BCUT2D eigenvalue weighted by atomic mass is 32.1. The van der Waals surface area contributed by atoms with Gasteiger partial charge < -0.3 is 9.84 Å². The molecule has 1 heterocycles. The predicted molar refractivity (Wildman–Crippen MR) is 70.8 cm³/mol. The van der Waals surface area contributed by atoms with E-state index < -0.39 is 0 Å². The van der Waals surface area contributed by atoms with Gasteiger partial charge in [0.2, 0.25) is 0 Å². The number of thiazole rings is 1. The van der Waals surface area contributed by atoms with Crippen molar-refractivity contribution < 1.29 is 14.6 Å². The lowest BCUT2D eigenvalue weighted by Gasteiger charge is -2.02. The van der Waals surface area contributed by atoms with E-state index in [0.29, 0.717) is 12.2 Å². The molecule has 1 aromatic carbocycles. The lowest BCUT2D eigenvalue weighted by molar-refractivity contribution is 0.0505. The van der Waals surface area contributed by atoms with Crippen molar-refractivity contribution in [3.63, 3.8) is 0 Å². The molecule has 0 spiro atoms. The monoisotopic (exact) mass is 265 g/mol. The third-order valence-corrected chi connectivity index (χ3v) is 2.41. The fourth-order valence-electron chi connectivity index (χ4n) is 1.05. The summed E-state index contributed by atoms with van der Waals surface area (Å²) in [5, 5.41) is 10.9. The number of carbonyl (C=O) groups is 1. The van der Waals surface area contributed by atoms with Crippen molar-refractivity contribution in [1.29, 1.82) is 0 Å². The van der Waals surface area contributed by atoms with Gasteiger partial charge in [-0.05, 0) is 30.7 Å². The molecule has 0 saturated heterocycles. The van der Waals surface area contributed by atoms with Gasteiger partial charge in [-0.15, -0.1) is 11.3 Å². The zero-order valence-corrected chi connectivity index (χ0v) is 10.9. The highest BCUT2D eigenvalue weighted by Gasteiger charge is 2.05. The molecular weight excluding hydrogens is 250 g/mol. The predicted octanol–water partition coefficient (Wildman–Crippen LogP) is 3.10. The van der Waals surface area contributed by atoms with Gasteiger partial charge in [-0.3, -0.25) is 4.98 Å². The molecule has 0 unspecified atom stereocenters. The van der Waals surface area contributed by atoms with Crippen LogP contribution in [-0.4, -0.2) is 22.7 Å². The van der Waals surface area contributed by atoms with Crippen LogP contribution in [0.4, 0.5) is 0 Å². The second-order valence-electron chi connectivity index (χ2n) is 3.36. The van der Waals surface area contributed by atoms with Crippen molar-refractivity contribution in [2.75, 3.05) is 6.61 Å². The van der Waals surface area contributed by atoms with Crippen molar-refractivity contribution in [2.24, 2.45) is 0 Å². The van der Waals surface area contributed by atoms with Gasteiger partial charge in [0.1, 0.15) is 5.75 Å². The quantitative estimate of drug-likeness (QED) is 0.866. The number of hydrogen-bond donors (Lipinski definition) is 1. The lowest BCUT2D eigenvalue weighted by Crippen LogP contribution is -2.05. The summed E-state index contributed by atoms with van der Waals surface area (Å²) in [7, 11) is 0. The van der Waals surface area contributed by atoms with Gasteiger partial charge in [-0.25, -0.2) is 4.79 Å². The molecule has 96 valence electrons. The van der Waals surface area contributed by atoms with Crippen LogP contribution in [0.1, 0.15) is 23.7 Å². The number of nitrogens with zero attached hydrogens (tertiary/aromatic N) is 1. The number of hydrogen-bond acceptors (Lipinski definition) is 5. The fourth-order valence-corrected chi connectivity index (χ4v) is 1.40. The molecule has 0 atom stereocenters. The van der Waals surface area contributed by atoms with E-state index in [2.05, 4.69) is 4.98 Å². The molecule has 0 aliphatic rings. The number of rotatable bonds is 3. The molecule has 18 heavy (non-hydrogen) atoms. The summed E-state index contributed by atoms with van der Waals surface area (Å²) in [5.74, 6) is -0.200. The number of phenolic OH excluding ortho intramolecular Hbond substituents is 1. The molecule has 0 fully saturated rings. The minimum Gasteiger partial charge on any atom is -0.508 e. The van der Waals surface area contributed by atoms with E-state index in [1.165, 1.54) is 24.3 Å². The van der Waals surface area contributed by atoms with Gasteiger partial charge in [0.05, 0.1) is 17.7 Å². The van der Waals surface area contributed by atoms with E-state index in [1.54, 1.807) is 23.0 Å². The van der Waals surface area contributed by atoms with Gasteiger partial charge in [-0.1, -0.05) is 6.92 Å². The van der Waals surface area contributed by atoms with Crippen LogP contribution in [-0.2, 0) is 4.74 Å². The Kier molecular flexibility index (Phi) is 6.50. The average Bonchev–Trinajstić information content (AvgIpc) is 2.96. The van der Waals surface area contributed by atoms with Crippen LogP contribution in [0, 0.1) is 0 Å². The number of ether oxygens (including phenoxy) is 1. The normalized spacial score (nSPS) is 9.17. The van der Waals surface area contributed by atoms with Crippen LogP contribution >= 0.6 is 11.3 Å². The Balaban J connectivity index is 0.000000269. The first-order valence-corrected chi connectivity index (χ1v) is 6.46. The van der Waals surface area contributed by atoms with Crippen LogP contribution in [0.2, 0.25) is 0 Å². The molecule has 0 radical (unpaired) electrons. The maximum Gasteiger partial charge on any atom is 0.338 e. The first-order chi connectivity index (χ1) is 8.74. The first kappa shape index (κ1) is 14.2. The number of carbonyl (C=O) groups excluding carboxylic acids is 1. The van der Waals surface area contributed by atoms with Crippen LogP contribution in [0.25, 0.3) is 0 Å². The smallest absolute Gasteiger partial charge is 0.338 e. The summed E-state index contributed by atoms with van der Waals surface area (Å²) in [6.45, 7) is 2.36. The van der Waals surface area contributed by atoms with Crippen molar-refractivity contribution in [3.05, 3.63) is 46.9 Å². The van der Waals surface area contributed by atoms with E-state index in [9.17, 15) is 4.79 Å². The second-order valence-corrected chi connectivity index (χ2v) is 4.11. The van der Waals surface area contributed by atoms with Crippen molar-refractivity contribution >= 4 is 17.3 Å². The van der Waals surface area contributed by atoms with Crippen molar-refractivity contribution in [3.8, 4) is 5.75 Å². The lowest BCUT2D eigenvalue weighted by atomic mass is 10.2. The molecule has 2 rings (SSSR count). The summed E-state index contributed by atoms with van der Waals surface area (Å²) in [6.07, 6.45) is 2.58. The SMILES string of the molecule is CCCOC(=O)c1ccc(O)cc1.c1cscn1. The van der Waals surface area contributed by atoms with E-state index in [4.69, 9.17) is 9.84 Å². The molecule has 4 nitrogen and oxygen atoms in total. The van der Waals surface area contributed by atoms with E-state index in [0.717, 1.165) is 6.42 Å². The Bertz CT molecular complexity index is 423. The van der Waals surface area contributed by atoms with Crippen LogP contribution < -0.4 is 0 Å². The maximum absolute atomic E-state index is 11.2. The molecule has 0 aliphatic heterocycles. The molecular formula is C13H15NO3S. The fraction of sp³-hybridized carbons (Fsp3) is 0.231. The van der Waals surface area contributed by atoms with Gasteiger partial charge in [0, 0.05) is 11.6 Å². The van der Waals surface area contributed by atoms with Gasteiger partial charge in [-0.2, -0.15) is 0 Å². The minimum absolute atomic E-state index is 0.145. The summed E-state index contributed by atoms with van der Waals surface area (Å²) in [4.78, 5) is 15.0. The molecule has 2 aromatic rings. The van der Waals surface area contributed by atoms with E-state index in [-0.39, 0.29) is 11.7 Å². The summed E-state index contributed by atoms with van der Waals surface area (Å²) in [6, 6.07) is 5.99. The number of benzene rings is 1. The maximum atomic E-state index is 11.2.